The summed E-state index contributed by atoms with van der Waals surface area (Å²) in [5, 5.41) is 3.06. The van der Waals surface area contributed by atoms with E-state index in [-0.39, 0.29) is 10.6 Å². The fraction of sp³-hybridized carbons (Fsp3) is 0.214. The molecular weight excluding hydrogens is 356 g/mol. The van der Waals surface area contributed by atoms with E-state index in [1.165, 1.54) is 0 Å². The van der Waals surface area contributed by atoms with Gasteiger partial charge in [-0.05, 0) is 19.1 Å². The minimum atomic E-state index is -4.77. The summed E-state index contributed by atoms with van der Waals surface area (Å²) in [7, 11) is 1.06. The number of esters is 1. The number of nitrogens with zero attached hydrogens (tertiary/aromatic N) is 2. The van der Waals surface area contributed by atoms with Crippen LogP contribution < -0.4 is 5.56 Å². The summed E-state index contributed by atoms with van der Waals surface area (Å²) in [6.07, 6.45) is -4.37. The predicted molar refractivity (Wildman–Crippen MR) is 75.9 cm³/mol. The third-order valence-corrected chi connectivity index (χ3v) is 3.51. The number of rotatable bonds is 2. The minimum absolute atomic E-state index is 0.262. The molecule has 24 heavy (non-hydrogen) atoms. The van der Waals surface area contributed by atoms with E-state index < -0.39 is 40.3 Å². The first-order valence-corrected chi connectivity index (χ1v) is 6.69. The third kappa shape index (κ3) is 3.12. The van der Waals surface area contributed by atoms with Gasteiger partial charge in [-0.15, -0.1) is 0 Å². The van der Waals surface area contributed by atoms with E-state index >= 15 is 0 Å². The quantitative estimate of drug-likeness (QED) is 0.607. The first-order valence-electron chi connectivity index (χ1n) is 6.31. The molecule has 0 saturated carbocycles. The van der Waals surface area contributed by atoms with Crippen molar-refractivity contribution in [1.82, 2.24) is 9.78 Å². The van der Waals surface area contributed by atoms with Gasteiger partial charge in [0.15, 0.2) is 5.82 Å². The molecule has 1 aromatic heterocycles. The van der Waals surface area contributed by atoms with E-state index in [9.17, 15) is 27.2 Å². The fourth-order valence-electron chi connectivity index (χ4n) is 1.96. The smallest absolute Gasteiger partial charge is 0.418 e. The van der Waals surface area contributed by atoms with Crippen LogP contribution >= 0.6 is 11.6 Å². The lowest BCUT2D eigenvalue weighted by molar-refractivity contribution is -0.138. The zero-order valence-corrected chi connectivity index (χ0v) is 13.0. The molecule has 0 saturated heterocycles. The summed E-state index contributed by atoms with van der Waals surface area (Å²) in [4.78, 5) is 23.7. The second-order valence-corrected chi connectivity index (χ2v) is 5.08. The number of carbonyl (C=O) groups excluding carboxylic acids is 1. The van der Waals surface area contributed by atoms with Crippen molar-refractivity contribution in [2.45, 2.75) is 13.1 Å². The Hall–Kier alpha value is -2.42. The van der Waals surface area contributed by atoms with Gasteiger partial charge in [-0.25, -0.2) is 9.18 Å². The molecule has 0 unspecified atom stereocenters. The van der Waals surface area contributed by atoms with E-state index in [2.05, 4.69) is 9.84 Å². The molecular formula is C14H9ClF4N2O3. The SMILES string of the molecule is COC(=O)c1cc(-n2ncc(C(F)(F)F)c(C)c2=O)c(F)cc1Cl. The van der Waals surface area contributed by atoms with Crippen LogP contribution in [0.4, 0.5) is 17.6 Å². The zero-order valence-electron chi connectivity index (χ0n) is 12.2. The van der Waals surface area contributed by atoms with Gasteiger partial charge in [0.2, 0.25) is 0 Å². The fourth-order valence-corrected chi connectivity index (χ4v) is 2.19. The van der Waals surface area contributed by atoms with Gasteiger partial charge in [-0.1, -0.05) is 11.6 Å². The van der Waals surface area contributed by atoms with Crippen LogP contribution in [0.15, 0.2) is 23.1 Å². The molecule has 0 aliphatic rings. The molecule has 10 heteroatoms. The largest absolute Gasteiger partial charge is 0.465 e. The van der Waals surface area contributed by atoms with E-state index in [0.29, 0.717) is 10.9 Å². The van der Waals surface area contributed by atoms with E-state index in [1.807, 2.05) is 0 Å². The Kier molecular flexibility index (Phi) is 4.66. The Morgan fingerprint density at radius 3 is 2.50 bits per heavy atom. The van der Waals surface area contributed by atoms with Crippen molar-refractivity contribution in [3.63, 3.8) is 0 Å². The van der Waals surface area contributed by atoms with Gasteiger partial charge in [0.25, 0.3) is 5.56 Å². The van der Waals surface area contributed by atoms with Gasteiger partial charge in [-0.3, -0.25) is 4.79 Å². The number of methoxy groups -OCH3 is 1. The van der Waals surface area contributed by atoms with Gasteiger partial charge < -0.3 is 4.74 Å². The molecule has 0 N–H and O–H groups in total. The Morgan fingerprint density at radius 2 is 1.96 bits per heavy atom. The molecule has 0 spiro atoms. The Morgan fingerprint density at radius 1 is 1.33 bits per heavy atom. The number of carbonyl (C=O) groups is 1. The van der Waals surface area contributed by atoms with E-state index in [1.54, 1.807) is 0 Å². The lowest BCUT2D eigenvalue weighted by Gasteiger charge is -2.13. The van der Waals surface area contributed by atoms with Crippen molar-refractivity contribution in [2.24, 2.45) is 0 Å². The maximum absolute atomic E-state index is 14.1. The number of halogens is 5. The highest BCUT2D eigenvalue weighted by molar-refractivity contribution is 6.33. The molecule has 0 amide bonds. The number of benzene rings is 1. The molecule has 0 aliphatic heterocycles. The maximum atomic E-state index is 14.1. The van der Waals surface area contributed by atoms with Crippen molar-refractivity contribution >= 4 is 17.6 Å². The number of ether oxygens (including phenoxy) is 1. The summed E-state index contributed by atoms with van der Waals surface area (Å²) in [5.41, 5.74) is -3.86. The van der Waals surface area contributed by atoms with Crippen LogP contribution in [0, 0.1) is 12.7 Å². The summed E-state index contributed by atoms with van der Waals surface area (Å²) in [5.74, 6) is -1.95. The first-order chi connectivity index (χ1) is 11.1. The number of alkyl halides is 3. The topological polar surface area (TPSA) is 61.2 Å². The van der Waals surface area contributed by atoms with Crippen LogP contribution in [0.25, 0.3) is 5.69 Å². The third-order valence-electron chi connectivity index (χ3n) is 3.19. The van der Waals surface area contributed by atoms with Crippen LogP contribution in [0.1, 0.15) is 21.5 Å². The molecule has 5 nitrogen and oxygen atoms in total. The van der Waals surface area contributed by atoms with Gasteiger partial charge in [0, 0.05) is 5.56 Å². The molecule has 128 valence electrons. The van der Waals surface area contributed by atoms with Crippen LogP contribution in [-0.2, 0) is 10.9 Å². The molecule has 2 aromatic rings. The van der Waals surface area contributed by atoms with Gasteiger partial charge in [-0.2, -0.15) is 23.0 Å². The van der Waals surface area contributed by atoms with Gasteiger partial charge in [0.05, 0.1) is 29.5 Å². The molecule has 2 rings (SSSR count). The van der Waals surface area contributed by atoms with Crippen molar-refractivity contribution in [1.29, 1.82) is 0 Å². The summed E-state index contributed by atoms with van der Waals surface area (Å²) >= 11 is 5.72. The highest BCUT2D eigenvalue weighted by Gasteiger charge is 2.34. The Balaban J connectivity index is 2.72. The van der Waals surface area contributed by atoms with Crippen LogP contribution in [-0.4, -0.2) is 22.9 Å². The second kappa shape index (κ2) is 6.23. The van der Waals surface area contributed by atoms with E-state index in [0.717, 1.165) is 26.2 Å². The molecule has 0 radical (unpaired) electrons. The standard InChI is InChI=1S/C14H9ClF4N2O3/c1-6-8(14(17,18)19)5-20-21(12(6)22)11-3-7(13(23)24-2)9(15)4-10(11)16/h3-5H,1-2H3. The Labute approximate surface area is 137 Å². The average molecular weight is 365 g/mol. The molecule has 1 heterocycles. The normalized spacial score (nSPS) is 11.5. The summed E-state index contributed by atoms with van der Waals surface area (Å²) < 4.78 is 57.3. The lowest BCUT2D eigenvalue weighted by atomic mass is 10.1. The predicted octanol–water partition coefficient (Wildman–Crippen LogP) is 3.14. The number of hydrogen-bond donors (Lipinski definition) is 0. The maximum Gasteiger partial charge on any atom is 0.418 e. The summed E-state index contributed by atoms with van der Waals surface area (Å²) in [6.45, 7) is 0.943. The molecule has 0 bridgehead atoms. The van der Waals surface area contributed by atoms with Crippen LogP contribution in [0.5, 0.6) is 0 Å². The molecule has 0 atom stereocenters. The van der Waals surface area contributed by atoms with Crippen molar-refractivity contribution < 1.29 is 27.1 Å². The highest BCUT2D eigenvalue weighted by atomic mass is 35.5. The first kappa shape index (κ1) is 17.9. The van der Waals surface area contributed by atoms with Crippen molar-refractivity contribution in [3.8, 4) is 5.69 Å². The highest BCUT2D eigenvalue weighted by Crippen LogP contribution is 2.30. The molecule has 0 fully saturated rings. The average Bonchev–Trinajstić information content (AvgIpc) is 2.48. The van der Waals surface area contributed by atoms with Crippen LogP contribution in [0.2, 0.25) is 5.02 Å². The summed E-state index contributed by atoms with van der Waals surface area (Å²) in [6, 6.07) is 1.62. The second-order valence-electron chi connectivity index (χ2n) is 4.67. The monoisotopic (exact) mass is 364 g/mol. The molecule has 1 aromatic carbocycles. The van der Waals surface area contributed by atoms with Crippen molar-refractivity contribution in [2.75, 3.05) is 7.11 Å². The number of hydrogen-bond acceptors (Lipinski definition) is 4. The Bertz CT molecular complexity index is 878. The zero-order chi connectivity index (χ0) is 18.2. The molecule has 0 aliphatic carbocycles. The van der Waals surface area contributed by atoms with Gasteiger partial charge >= 0.3 is 12.1 Å². The lowest BCUT2D eigenvalue weighted by Crippen LogP contribution is -2.28. The number of aromatic nitrogens is 2. The van der Waals surface area contributed by atoms with Crippen LogP contribution in [0.3, 0.4) is 0 Å². The van der Waals surface area contributed by atoms with Crippen molar-refractivity contribution in [3.05, 3.63) is 56.2 Å². The van der Waals surface area contributed by atoms with Gasteiger partial charge in [0.1, 0.15) is 5.69 Å². The minimum Gasteiger partial charge on any atom is -0.465 e. The van der Waals surface area contributed by atoms with E-state index in [4.69, 9.17) is 11.6 Å².